The van der Waals surface area contributed by atoms with Gasteiger partial charge in [0.05, 0.1) is 11.5 Å². The smallest absolute Gasteiger partial charge is 0.353 e. The van der Waals surface area contributed by atoms with Crippen LogP contribution in [0.15, 0.2) is 54.6 Å². The second-order valence-corrected chi connectivity index (χ2v) is 9.05. The molecule has 1 atom stereocenters. The second kappa shape index (κ2) is 10.7. The number of anilines is 1. The molecule has 0 spiro atoms. The number of halogens is 3. The third kappa shape index (κ3) is 5.37. The normalized spacial score (nSPS) is 15.2. The summed E-state index contributed by atoms with van der Waals surface area (Å²) in [5.41, 5.74) is 2.70. The van der Waals surface area contributed by atoms with Crippen molar-refractivity contribution in [2.24, 2.45) is 0 Å². The van der Waals surface area contributed by atoms with Crippen LogP contribution < -0.4 is 4.90 Å². The van der Waals surface area contributed by atoms with Crippen molar-refractivity contribution in [3.05, 3.63) is 77.0 Å². The van der Waals surface area contributed by atoms with Gasteiger partial charge in [0.1, 0.15) is 5.82 Å². The van der Waals surface area contributed by atoms with E-state index in [4.69, 9.17) is 4.98 Å². The Bertz CT molecular complexity index is 1190. The molecule has 190 valence electrons. The van der Waals surface area contributed by atoms with Gasteiger partial charge in [0.15, 0.2) is 5.82 Å². The highest BCUT2D eigenvalue weighted by Gasteiger charge is 2.31. The fourth-order valence-corrected chi connectivity index (χ4v) is 4.79. The zero-order valence-corrected chi connectivity index (χ0v) is 20.8. The first-order valence-electron chi connectivity index (χ1n) is 12.4. The summed E-state index contributed by atoms with van der Waals surface area (Å²) in [5.74, 6) is 1.18. The molecule has 2 heterocycles. The predicted octanol–water partition coefficient (Wildman–Crippen LogP) is 5.88. The summed E-state index contributed by atoms with van der Waals surface area (Å²) in [4.78, 5) is 26.8. The SMILES string of the molecule is CCc1c(C)nc(-c2ccc(C(F)(F)F)cc2)nc1N1CCN(C(=O)C(CC)c2ccccc2)CC1. The maximum atomic E-state index is 13.3. The van der Waals surface area contributed by atoms with Crippen LogP contribution >= 0.6 is 0 Å². The van der Waals surface area contributed by atoms with E-state index < -0.39 is 11.7 Å². The van der Waals surface area contributed by atoms with Crippen LogP contribution in [0.1, 0.15) is 48.6 Å². The molecule has 0 saturated carbocycles. The highest BCUT2D eigenvalue weighted by molar-refractivity contribution is 5.84. The molecule has 0 aliphatic carbocycles. The molecule has 1 aliphatic rings. The fraction of sp³-hybridized carbons (Fsp3) is 0.393. The number of rotatable bonds is 6. The number of aromatic nitrogens is 2. The first kappa shape index (κ1) is 25.7. The van der Waals surface area contributed by atoms with Crippen molar-refractivity contribution in [2.45, 2.75) is 45.7 Å². The van der Waals surface area contributed by atoms with Gasteiger partial charge in [0.2, 0.25) is 5.91 Å². The Kier molecular flexibility index (Phi) is 7.62. The van der Waals surface area contributed by atoms with E-state index >= 15 is 0 Å². The van der Waals surface area contributed by atoms with Crippen LogP contribution in [0.3, 0.4) is 0 Å². The number of alkyl halides is 3. The molecule has 1 aliphatic heterocycles. The molecule has 1 aromatic heterocycles. The quantitative estimate of drug-likeness (QED) is 0.428. The average Bonchev–Trinajstić information content (AvgIpc) is 2.89. The Morgan fingerprint density at radius 3 is 2.14 bits per heavy atom. The lowest BCUT2D eigenvalue weighted by Gasteiger charge is -2.38. The highest BCUT2D eigenvalue weighted by atomic mass is 19.4. The number of carbonyl (C=O) groups excluding carboxylic acids is 1. The zero-order valence-electron chi connectivity index (χ0n) is 20.8. The Morgan fingerprint density at radius 2 is 1.58 bits per heavy atom. The van der Waals surface area contributed by atoms with Crippen LogP contribution in [0.25, 0.3) is 11.4 Å². The maximum Gasteiger partial charge on any atom is 0.416 e. The largest absolute Gasteiger partial charge is 0.416 e. The van der Waals surface area contributed by atoms with Crippen LogP contribution in [0.4, 0.5) is 19.0 Å². The maximum absolute atomic E-state index is 13.3. The van der Waals surface area contributed by atoms with Crippen molar-refractivity contribution < 1.29 is 18.0 Å². The molecule has 0 radical (unpaired) electrons. The van der Waals surface area contributed by atoms with Crippen LogP contribution in [-0.2, 0) is 17.4 Å². The molecular formula is C28H31F3N4O. The van der Waals surface area contributed by atoms with Gasteiger partial charge in [0.25, 0.3) is 0 Å². The summed E-state index contributed by atoms with van der Waals surface area (Å²) in [6.45, 7) is 8.42. The number of hydrogen-bond acceptors (Lipinski definition) is 4. The van der Waals surface area contributed by atoms with Crippen molar-refractivity contribution >= 4 is 11.7 Å². The summed E-state index contributed by atoms with van der Waals surface area (Å²) < 4.78 is 39.0. The van der Waals surface area contributed by atoms with Gasteiger partial charge < -0.3 is 9.80 Å². The molecule has 4 rings (SSSR count). The molecule has 0 N–H and O–H groups in total. The van der Waals surface area contributed by atoms with E-state index in [9.17, 15) is 18.0 Å². The Morgan fingerprint density at radius 1 is 0.944 bits per heavy atom. The summed E-state index contributed by atoms with van der Waals surface area (Å²) >= 11 is 0. The molecule has 36 heavy (non-hydrogen) atoms. The van der Waals surface area contributed by atoms with Crippen LogP contribution in [-0.4, -0.2) is 47.0 Å². The lowest BCUT2D eigenvalue weighted by atomic mass is 9.95. The van der Waals surface area contributed by atoms with E-state index in [2.05, 4.69) is 9.88 Å². The molecular weight excluding hydrogens is 465 g/mol. The van der Waals surface area contributed by atoms with E-state index in [1.165, 1.54) is 12.1 Å². The lowest BCUT2D eigenvalue weighted by molar-refractivity contribution is -0.137. The van der Waals surface area contributed by atoms with E-state index in [1.54, 1.807) is 0 Å². The van der Waals surface area contributed by atoms with Gasteiger partial charge in [-0.25, -0.2) is 9.97 Å². The van der Waals surface area contributed by atoms with E-state index in [1.807, 2.05) is 56.0 Å². The number of aryl methyl sites for hydroxylation is 1. The standard InChI is InChI=1S/C28H31F3N4O/c1-4-23-19(3)32-25(21-11-13-22(14-12-21)28(29,30)31)33-26(23)34-15-17-35(18-16-34)27(36)24(5-2)20-9-7-6-8-10-20/h6-14,24H,4-5,15-18H2,1-3H3. The van der Waals surface area contributed by atoms with E-state index in [0.29, 0.717) is 37.6 Å². The van der Waals surface area contributed by atoms with Crippen LogP contribution in [0.5, 0.6) is 0 Å². The fourth-order valence-electron chi connectivity index (χ4n) is 4.79. The molecule has 1 fully saturated rings. The van der Waals surface area contributed by atoms with Gasteiger partial charge in [0, 0.05) is 43.0 Å². The third-order valence-corrected chi connectivity index (χ3v) is 6.82. The van der Waals surface area contributed by atoms with Gasteiger partial charge in [-0.1, -0.05) is 56.3 Å². The first-order valence-corrected chi connectivity index (χ1v) is 12.4. The molecule has 8 heteroatoms. The monoisotopic (exact) mass is 496 g/mol. The topological polar surface area (TPSA) is 49.3 Å². The Hall–Kier alpha value is -3.42. The first-order chi connectivity index (χ1) is 17.2. The minimum absolute atomic E-state index is 0.142. The number of piperazine rings is 1. The molecule has 2 aromatic carbocycles. The molecule has 3 aromatic rings. The summed E-state index contributed by atoms with van der Waals surface area (Å²) in [5, 5.41) is 0. The minimum Gasteiger partial charge on any atom is -0.353 e. The average molecular weight is 497 g/mol. The van der Waals surface area contributed by atoms with Crippen LogP contribution in [0, 0.1) is 6.92 Å². The Balaban J connectivity index is 1.54. The number of carbonyl (C=O) groups is 1. The van der Waals surface area contributed by atoms with Gasteiger partial charge in [-0.3, -0.25) is 4.79 Å². The molecule has 1 saturated heterocycles. The summed E-state index contributed by atoms with van der Waals surface area (Å²) in [6.07, 6.45) is -2.91. The molecule has 5 nitrogen and oxygen atoms in total. The van der Waals surface area contributed by atoms with Crippen molar-refractivity contribution in [3.8, 4) is 11.4 Å². The van der Waals surface area contributed by atoms with Crippen molar-refractivity contribution in [3.63, 3.8) is 0 Å². The van der Waals surface area contributed by atoms with Crippen molar-refractivity contribution in [1.29, 1.82) is 0 Å². The second-order valence-electron chi connectivity index (χ2n) is 9.05. The van der Waals surface area contributed by atoms with Gasteiger partial charge in [-0.15, -0.1) is 0 Å². The van der Waals surface area contributed by atoms with Gasteiger partial charge in [-0.05, 0) is 37.5 Å². The summed E-state index contributed by atoms with van der Waals surface area (Å²) in [6, 6.07) is 14.8. The number of amides is 1. The number of nitrogens with zero attached hydrogens (tertiary/aromatic N) is 4. The summed E-state index contributed by atoms with van der Waals surface area (Å²) in [7, 11) is 0. The minimum atomic E-state index is -4.39. The van der Waals surface area contributed by atoms with Crippen molar-refractivity contribution in [2.75, 3.05) is 31.1 Å². The van der Waals surface area contributed by atoms with Crippen molar-refractivity contribution in [1.82, 2.24) is 14.9 Å². The molecule has 1 amide bonds. The van der Waals surface area contributed by atoms with Gasteiger partial charge in [-0.2, -0.15) is 13.2 Å². The van der Waals surface area contributed by atoms with Gasteiger partial charge >= 0.3 is 6.18 Å². The predicted molar refractivity (Wildman–Crippen MR) is 135 cm³/mol. The molecule has 1 unspecified atom stereocenters. The van der Waals surface area contributed by atoms with Crippen LogP contribution in [0.2, 0.25) is 0 Å². The number of benzene rings is 2. The van der Waals surface area contributed by atoms with E-state index in [-0.39, 0.29) is 11.8 Å². The number of hydrogen-bond donors (Lipinski definition) is 0. The highest BCUT2D eigenvalue weighted by Crippen LogP contribution is 2.32. The third-order valence-electron chi connectivity index (χ3n) is 6.82. The van der Waals surface area contributed by atoms with E-state index in [0.717, 1.165) is 47.6 Å². The lowest BCUT2D eigenvalue weighted by Crippen LogP contribution is -2.50. The molecule has 0 bridgehead atoms. The zero-order chi connectivity index (χ0) is 25.9. The Labute approximate surface area is 210 Å².